The minimum absolute atomic E-state index is 0.0764. The van der Waals surface area contributed by atoms with E-state index in [1.807, 2.05) is 26.8 Å². The van der Waals surface area contributed by atoms with Gasteiger partial charge in [0.2, 0.25) is 0 Å². The summed E-state index contributed by atoms with van der Waals surface area (Å²) in [6, 6.07) is 3.64. The Morgan fingerprint density at radius 2 is 2.00 bits per heavy atom. The SMILES string of the molecule is Cc1ccc(C(=O)N(C)Cc2n[nH]c(C)n2)c(C)n1. The Bertz CT molecular complexity index is 605. The van der Waals surface area contributed by atoms with Crippen molar-refractivity contribution >= 4 is 5.91 Å². The van der Waals surface area contributed by atoms with Gasteiger partial charge in [-0.2, -0.15) is 5.10 Å². The molecule has 0 aliphatic carbocycles. The molecular formula is C13H17N5O. The van der Waals surface area contributed by atoms with Gasteiger partial charge in [-0.3, -0.25) is 14.9 Å². The first kappa shape index (κ1) is 13.2. The molecule has 1 N–H and O–H groups in total. The summed E-state index contributed by atoms with van der Waals surface area (Å²) in [6.45, 7) is 5.94. The molecule has 2 heterocycles. The molecule has 2 aromatic rings. The zero-order valence-electron chi connectivity index (χ0n) is 11.6. The van der Waals surface area contributed by atoms with Crippen LogP contribution in [0.1, 0.15) is 33.4 Å². The molecular weight excluding hydrogens is 242 g/mol. The maximum Gasteiger partial charge on any atom is 0.255 e. The number of aromatic nitrogens is 4. The second-order valence-electron chi connectivity index (χ2n) is 4.58. The molecule has 2 rings (SSSR count). The smallest absolute Gasteiger partial charge is 0.255 e. The van der Waals surface area contributed by atoms with E-state index in [0.29, 0.717) is 17.9 Å². The quantitative estimate of drug-likeness (QED) is 0.904. The van der Waals surface area contributed by atoms with Crippen LogP contribution in [0, 0.1) is 20.8 Å². The first-order valence-corrected chi connectivity index (χ1v) is 6.05. The number of H-pyrrole nitrogens is 1. The number of nitrogens with zero attached hydrogens (tertiary/aromatic N) is 4. The Kier molecular flexibility index (Phi) is 3.59. The lowest BCUT2D eigenvalue weighted by atomic mass is 10.1. The minimum atomic E-state index is -0.0764. The van der Waals surface area contributed by atoms with Gasteiger partial charge in [-0.15, -0.1) is 0 Å². The van der Waals surface area contributed by atoms with Crippen LogP contribution in [0.25, 0.3) is 0 Å². The zero-order chi connectivity index (χ0) is 14.0. The highest BCUT2D eigenvalue weighted by atomic mass is 16.2. The Labute approximate surface area is 111 Å². The van der Waals surface area contributed by atoms with E-state index in [-0.39, 0.29) is 5.91 Å². The Balaban J connectivity index is 2.14. The van der Waals surface area contributed by atoms with Crippen LogP contribution in [0.15, 0.2) is 12.1 Å². The molecule has 6 nitrogen and oxygen atoms in total. The average Bonchev–Trinajstić information content (AvgIpc) is 2.74. The second-order valence-corrected chi connectivity index (χ2v) is 4.58. The molecule has 0 spiro atoms. The Morgan fingerprint density at radius 3 is 2.58 bits per heavy atom. The fourth-order valence-electron chi connectivity index (χ4n) is 1.86. The fraction of sp³-hybridized carbons (Fsp3) is 0.385. The number of hydrogen-bond donors (Lipinski definition) is 1. The molecule has 1 amide bonds. The highest BCUT2D eigenvalue weighted by Gasteiger charge is 2.16. The normalized spacial score (nSPS) is 10.5. The summed E-state index contributed by atoms with van der Waals surface area (Å²) in [4.78, 5) is 22.4. The molecule has 2 aromatic heterocycles. The molecule has 0 aliphatic rings. The largest absolute Gasteiger partial charge is 0.334 e. The lowest BCUT2D eigenvalue weighted by Gasteiger charge is -2.16. The third-order valence-corrected chi connectivity index (χ3v) is 2.82. The van der Waals surface area contributed by atoms with E-state index in [0.717, 1.165) is 17.2 Å². The highest BCUT2D eigenvalue weighted by molar-refractivity contribution is 5.94. The summed E-state index contributed by atoms with van der Waals surface area (Å²) in [5.74, 6) is 1.27. The Hall–Kier alpha value is -2.24. The van der Waals surface area contributed by atoms with Crippen molar-refractivity contribution in [2.45, 2.75) is 27.3 Å². The summed E-state index contributed by atoms with van der Waals surface area (Å²) in [6.07, 6.45) is 0. The van der Waals surface area contributed by atoms with Crippen molar-refractivity contribution in [2.75, 3.05) is 7.05 Å². The molecule has 0 bridgehead atoms. The first-order chi connectivity index (χ1) is 8.97. The lowest BCUT2D eigenvalue weighted by Crippen LogP contribution is -2.27. The summed E-state index contributed by atoms with van der Waals surface area (Å²) in [5, 5.41) is 6.78. The maximum absolute atomic E-state index is 12.3. The van der Waals surface area contributed by atoms with Gasteiger partial charge in [-0.1, -0.05) is 0 Å². The predicted octanol–water partition coefficient (Wildman–Crippen LogP) is 1.40. The maximum atomic E-state index is 12.3. The van der Waals surface area contributed by atoms with Crippen LogP contribution in [0.5, 0.6) is 0 Å². The van der Waals surface area contributed by atoms with E-state index < -0.39 is 0 Å². The van der Waals surface area contributed by atoms with Crippen molar-refractivity contribution in [2.24, 2.45) is 0 Å². The number of rotatable bonds is 3. The minimum Gasteiger partial charge on any atom is -0.334 e. The van der Waals surface area contributed by atoms with E-state index >= 15 is 0 Å². The van der Waals surface area contributed by atoms with Crippen LogP contribution >= 0.6 is 0 Å². The van der Waals surface area contributed by atoms with E-state index in [9.17, 15) is 4.79 Å². The predicted molar refractivity (Wildman–Crippen MR) is 70.6 cm³/mol. The molecule has 0 saturated carbocycles. The number of carbonyl (C=O) groups excluding carboxylic acids is 1. The topological polar surface area (TPSA) is 74.8 Å². The molecule has 0 saturated heterocycles. The van der Waals surface area contributed by atoms with E-state index in [4.69, 9.17) is 0 Å². The van der Waals surface area contributed by atoms with Crippen LogP contribution in [0.2, 0.25) is 0 Å². The molecule has 0 atom stereocenters. The van der Waals surface area contributed by atoms with Crippen molar-refractivity contribution in [3.63, 3.8) is 0 Å². The van der Waals surface area contributed by atoms with Crippen molar-refractivity contribution in [1.82, 2.24) is 25.1 Å². The van der Waals surface area contributed by atoms with Crippen LogP contribution < -0.4 is 0 Å². The van der Waals surface area contributed by atoms with E-state index in [1.165, 1.54) is 0 Å². The van der Waals surface area contributed by atoms with Gasteiger partial charge in [0.25, 0.3) is 5.91 Å². The number of aromatic amines is 1. The number of carbonyl (C=O) groups is 1. The second kappa shape index (κ2) is 5.17. The molecule has 0 unspecified atom stereocenters. The van der Waals surface area contributed by atoms with Crippen LogP contribution in [-0.4, -0.2) is 38.0 Å². The number of amides is 1. The van der Waals surface area contributed by atoms with Gasteiger partial charge in [0.05, 0.1) is 17.8 Å². The molecule has 6 heteroatoms. The zero-order valence-corrected chi connectivity index (χ0v) is 11.6. The monoisotopic (exact) mass is 259 g/mol. The van der Waals surface area contributed by atoms with Gasteiger partial charge in [0.15, 0.2) is 5.82 Å². The molecule has 19 heavy (non-hydrogen) atoms. The first-order valence-electron chi connectivity index (χ1n) is 6.05. The molecule has 0 aromatic carbocycles. The van der Waals surface area contributed by atoms with Crippen molar-refractivity contribution in [3.8, 4) is 0 Å². The molecule has 0 aliphatic heterocycles. The van der Waals surface area contributed by atoms with Gasteiger partial charge < -0.3 is 4.90 Å². The third-order valence-electron chi connectivity index (χ3n) is 2.82. The number of hydrogen-bond acceptors (Lipinski definition) is 4. The van der Waals surface area contributed by atoms with E-state index in [2.05, 4.69) is 20.2 Å². The number of nitrogens with one attached hydrogen (secondary N) is 1. The summed E-state index contributed by atoms with van der Waals surface area (Å²) < 4.78 is 0. The number of pyridine rings is 1. The van der Waals surface area contributed by atoms with E-state index in [1.54, 1.807) is 18.0 Å². The lowest BCUT2D eigenvalue weighted by molar-refractivity contribution is 0.0780. The van der Waals surface area contributed by atoms with Gasteiger partial charge in [0, 0.05) is 12.7 Å². The standard InChI is InChI=1S/C13H17N5O/c1-8-5-6-11(9(2)14-8)13(19)18(4)7-12-15-10(3)16-17-12/h5-6H,7H2,1-4H3,(H,15,16,17). The van der Waals surface area contributed by atoms with Crippen molar-refractivity contribution in [1.29, 1.82) is 0 Å². The van der Waals surface area contributed by atoms with Crippen LogP contribution in [0.4, 0.5) is 0 Å². The average molecular weight is 259 g/mol. The summed E-state index contributed by atoms with van der Waals surface area (Å²) in [5.41, 5.74) is 2.25. The summed E-state index contributed by atoms with van der Waals surface area (Å²) in [7, 11) is 1.73. The molecule has 0 fully saturated rings. The Morgan fingerprint density at radius 1 is 1.26 bits per heavy atom. The highest BCUT2D eigenvalue weighted by Crippen LogP contribution is 2.10. The van der Waals surface area contributed by atoms with Crippen LogP contribution in [-0.2, 0) is 6.54 Å². The molecule has 100 valence electrons. The third kappa shape index (κ3) is 2.96. The number of aryl methyl sites for hydroxylation is 3. The van der Waals surface area contributed by atoms with Crippen LogP contribution in [0.3, 0.4) is 0 Å². The van der Waals surface area contributed by atoms with Gasteiger partial charge >= 0.3 is 0 Å². The summed E-state index contributed by atoms with van der Waals surface area (Å²) >= 11 is 0. The van der Waals surface area contributed by atoms with Gasteiger partial charge in [-0.25, -0.2) is 4.98 Å². The van der Waals surface area contributed by atoms with Crippen molar-refractivity contribution in [3.05, 3.63) is 40.7 Å². The fourth-order valence-corrected chi connectivity index (χ4v) is 1.86. The molecule has 0 radical (unpaired) electrons. The van der Waals surface area contributed by atoms with Crippen molar-refractivity contribution < 1.29 is 4.79 Å². The van der Waals surface area contributed by atoms with Gasteiger partial charge in [0.1, 0.15) is 5.82 Å². The van der Waals surface area contributed by atoms with Gasteiger partial charge in [-0.05, 0) is 32.9 Å².